The SMILES string of the molecule is C/C=C/C1OC1CCC/C=C/CC. The van der Waals surface area contributed by atoms with Crippen molar-refractivity contribution in [2.45, 2.75) is 51.7 Å². The van der Waals surface area contributed by atoms with Crippen molar-refractivity contribution in [1.29, 1.82) is 0 Å². The van der Waals surface area contributed by atoms with Crippen LogP contribution in [0.25, 0.3) is 0 Å². The summed E-state index contributed by atoms with van der Waals surface area (Å²) in [6.07, 6.45) is 14.5. The van der Waals surface area contributed by atoms with Gasteiger partial charge < -0.3 is 4.74 Å². The van der Waals surface area contributed by atoms with Crippen LogP contribution in [0.4, 0.5) is 0 Å². The number of epoxide rings is 1. The zero-order chi connectivity index (χ0) is 9.52. The topological polar surface area (TPSA) is 12.5 Å². The van der Waals surface area contributed by atoms with Crippen LogP contribution >= 0.6 is 0 Å². The van der Waals surface area contributed by atoms with E-state index in [2.05, 4.69) is 31.2 Å². The molecule has 1 aliphatic rings. The Bertz CT molecular complexity index is 182. The predicted octanol–water partition coefficient (Wildman–Crippen LogP) is 3.47. The minimum atomic E-state index is 0.431. The van der Waals surface area contributed by atoms with Gasteiger partial charge in [0, 0.05) is 0 Å². The van der Waals surface area contributed by atoms with Crippen LogP contribution in [0.15, 0.2) is 24.3 Å². The number of rotatable bonds is 6. The van der Waals surface area contributed by atoms with E-state index < -0.39 is 0 Å². The standard InChI is InChI=1S/C12H20O/c1-3-5-6-7-8-10-12-11(13-12)9-4-2/h4-6,9,11-12H,3,7-8,10H2,1-2H3/b6-5+,9-4+. The van der Waals surface area contributed by atoms with Crippen LogP contribution in [0.3, 0.4) is 0 Å². The van der Waals surface area contributed by atoms with Gasteiger partial charge >= 0.3 is 0 Å². The first-order valence-corrected chi connectivity index (χ1v) is 5.31. The molecule has 13 heavy (non-hydrogen) atoms. The van der Waals surface area contributed by atoms with Gasteiger partial charge in [0.2, 0.25) is 0 Å². The molecule has 1 heterocycles. The number of ether oxygens (including phenoxy) is 1. The third-order valence-electron chi connectivity index (χ3n) is 2.27. The van der Waals surface area contributed by atoms with Gasteiger partial charge in [-0.2, -0.15) is 0 Å². The second-order valence-electron chi connectivity index (χ2n) is 3.48. The lowest BCUT2D eigenvalue weighted by molar-refractivity contribution is 0.376. The summed E-state index contributed by atoms with van der Waals surface area (Å²) in [6.45, 7) is 4.21. The van der Waals surface area contributed by atoms with Crippen LogP contribution < -0.4 is 0 Å². The molecule has 0 N–H and O–H groups in total. The van der Waals surface area contributed by atoms with Crippen LogP contribution in [0.5, 0.6) is 0 Å². The van der Waals surface area contributed by atoms with Crippen molar-refractivity contribution in [3.63, 3.8) is 0 Å². The first-order valence-electron chi connectivity index (χ1n) is 5.31. The molecule has 74 valence electrons. The maximum atomic E-state index is 5.45. The van der Waals surface area contributed by atoms with E-state index in [1.165, 1.54) is 19.3 Å². The Kier molecular flexibility index (Phi) is 4.84. The molecule has 0 aliphatic carbocycles. The fraction of sp³-hybridized carbons (Fsp3) is 0.667. The van der Waals surface area contributed by atoms with Crippen molar-refractivity contribution in [3.05, 3.63) is 24.3 Å². The highest BCUT2D eigenvalue weighted by Gasteiger charge is 2.34. The first-order chi connectivity index (χ1) is 6.38. The molecule has 2 atom stereocenters. The largest absolute Gasteiger partial charge is 0.365 e. The highest BCUT2D eigenvalue weighted by atomic mass is 16.6. The third kappa shape index (κ3) is 4.28. The molecule has 0 amide bonds. The van der Waals surface area contributed by atoms with E-state index in [1.54, 1.807) is 0 Å². The van der Waals surface area contributed by atoms with E-state index in [-0.39, 0.29) is 0 Å². The zero-order valence-corrected chi connectivity index (χ0v) is 8.70. The van der Waals surface area contributed by atoms with Crippen molar-refractivity contribution in [3.8, 4) is 0 Å². The molecule has 0 spiro atoms. The van der Waals surface area contributed by atoms with Crippen LogP contribution in [-0.4, -0.2) is 12.2 Å². The minimum absolute atomic E-state index is 0.431. The van der Waals surface area contributed by atoms with Gasteiger partial charge in [0.25, 0.3) is 0 Å². The van der Waals surface area contributed by atoms with E-state index in [0.29, 0.717) is 12.2 Å². The van der Waals surface area contributed by atoms with Gasteiger partial charge in [0.15, 0.2) is 0 Å². The van der Waals surface area contributed by atoms with Crippen molar-refractivity contribution in [2.24, 2.45) is 0 Å². The lowest BCUT2D eigenvalue weighted by atomic mass is 10.1. The van der Waals surface area contributed by atoms with E-state index in [4.69, 9.17) is 4.74 Å². The fourth-order valence-electron chi connectivity index (χ4n) is 1.47. The van der Waals surface area contributed by atoms with Crippen LogP contribution in [0, 0.1) is 0 Å². The lowest BCUT2D eigenvalue weighted by Gasteiger charge is -1.91. The molecule has 1 nitrogen and oxygen atoms in total. The van der Waals surface area contributed by atoms with Crippen LogP contribution in [-0.2, 0) is 4.74 Å². The van der Waals surface area contributed by atoms with Crippen molar-refractivity contribution < 1.29 is 4.74 Å². The third-order valence-corrected chi connectivity index (χ3v) is 2.27. The molecule has 0 aromatic heterocycles. The van der Waals surface area contributed by atoms with Crippen LogP contribution in [0.1, 0.15) is 39.5 Å². The lowest BCUT2D eigenvalue weighted by Crippen LogP contribution is -1.89. The smallest absolute Gasteiger partial charge is 0.102 e. The summed E-state index contributed by atoms with van der Waals surface area (Å²) in [7, 11) is 0. The number of unbranched alkanes of at least 4 members (excludes halogenated alkanes) is 1. The van der Waals surface area contributed by atoms with Gasteiger partial charge in [-0.25, -0.2) is 0 Å². The summed E-state index contributed by atoms with van der Waals surface area (Å²) in [5, 5.41) is 0. The summed E-state index contributed by atoms with van der Waals surface area (Å²) in [6, 6.07) is 0. The molecule has 0 bridgehead atoms. The Hall–Kier alpha value is -0.560. The van der Waals surface area contributed by atoms with Gasteiger partial charge in [-0.05, 0) is 32.6 Å². The van der Waals surface area contributed by atoms with Gasteiger partial charge in [0.1, 0.15) is 6.10 Å². The van der Waals surface area contributed by atoms with Gasteiger partial charge in [-0.3, -0.25) is 0 Å². The van der Waals surface area contributed by atoms with E-state index in [1.807, 2.05) is 6.92 Å². The van der Waals surface area contributed by atoms with Gasteiger partial charge in [-0.1, -0.05) is 31.2 Å². The second kappa shape index (κ2) is 5.98. The predicted molar refractivity (Wildman–Crippen MR) is 56.8 cm³/mol. The first kappa shape index (κ1) is 10.5. The summed E-state index contributed by atoms with van der Waals surface area (Å²) < 4.78 is 5.45. The Labute approximate surface area is 81.5 Å². The van der Waals surface area contributed by atoms with Crippen LogP contribution in [0.2, 0.25) is 0 Å². The summed E-state index contributed by atoms with van der Waals surface area (Å²) in [4.78, 5) is 0. The Morgan fingerprint density at radius 1 is 1.31 bits per heavy atom. The minimum Gasteiger partial charge on any atom is -0.365 e. The fourth-order valence-corrected chi connectivity index (χ4v) is 1.47. The highest BCUT2D eigenvalue weighted by molar-refractivity contribution is 5.01. The molecule has 1 fully saturated rings. The zero-order valence-electron chi connectivity index (χ0n) is 8.70. The van der Waals surface area contributed by atoms with Crippen molar-refractivity contribution >= 4 is 0 Å². The molecule has 0 aromatic carbocycles. The summed E-state index contributed by atoms with van der Waals surface area (Å²) in [5.74, 6) is 0. The Morgan fingerprint density at radius 2 is 2.15 bits per heavy atom. The molecule has 2 unspecified atom stereocenters. The highest BCUT2D eigenvalue weighted by Crippen LogP contribution is 2.28. The van der Waals surface area contributed by atoms with Crippen molar-refractivity contribution in [2.75, 3.05) is 0 Å². The molecule has 1 aliphatic heterocycles. The molecule has 1 saturated heterocycles. The Balaban J connectivity index is 1.94. The van der Waals surface area contributed by atoms with E-state index in [9.17, 15) is 0 Å². The van der Waals surface area contributed by atoms with Crippen molar-refractivity contribution in [1.82, 2.24) is 0 Å². The molecular weight excluding hydrogens is 160 g/mol. The quantitative estimate of drug-likeness (QED) is 0.346. The van der Waals surface area contributed by atoms with Gasteiger partial charge in [-0.15, -0.1) is 0 Å². The number of allylic oxidation sites excluding steroid dienone is 3. The molecule has 0 saturated carbocycles. The summed E-state index contributed by atoms with van der Waals surface area (Å²) in [5.41, 5.74) is 0. The Morgan fingerprint density at radius 3 is 2.85 bits per heavy atom. The number of hydrogen-bond acceptors (Lipinski definition) is 1. The monoisotopic (exact) mass is 180 g/mol. The molecule has 1 heteroatoms. The van der Waals surface area contributed by atoms with Gasteiger partial charge in [0.05, 0.1) is 6.10 Å². The average molecular weight is 180 g/mol. The molecular formula is C12H20O. The van der Waals surface area contributed by atoms with E-state index >= 15 is 0 Å². The molecule has 0 aromatic rings. The normalized spacial score (nSPS) is 27.5. The molecule has 1 rings (SSSR count). The number of hydrogen-bond donors (Lipinski definition) is 0. The van der Waals surface area contributed by atoms with E-state index in [0.717, 1.165) is 6.42 Å². The second-order valence-corrected chi connectivity index (χ2v) is 3.48. The average Bonchev–Trinajstić information content (AvgIpc) is 2.84. The maximum Gasteiger partial charge on any atom is 0.102 e. The molecule has 0 radical (unpaired) electrons. The maximum absolute atomic E-state index is 5.45. The summed E-state index contributed by atoms with van der Waals surface area (Å²) >= 11 is 0.